The number of alkyl carbamates (subject to hydrolysis) is 1. The lowest BCUT2D eigenvalue weighted by atomic mass is 9.94. The Kier molecular flexibility index (Phi) is 5.69. The first kappa shape index (κ1) is 19.2. The van der Waals surface area contributed by atoms with Crippen LogP contribution in [0.25, 0.3) is 0 Å². The second-order valence-corrected chi connectivity index (χ2v) is 7.45. The summed E-state index contributed by atoms with van der Waals surface area (Å²) in [5, 5.41) is 2.45. The van der Waals surface area contributed by atoms with E-state index in [1.165, 1.54) is 19.1 Å². The van der Waals surface area contributed by atoms with Crippen LogP contribution >= 0.6 is 0 Å². The fraction of sp³-hybridized carbons (Fsp3) is 0.500. The molecule has 138 valence electrons. The van der Waals surface area contributed by atoms with E-state index in [0.717, 1.165) is 5.56 Å². The van der Waals surface area contributed by atoms with Crippen LogP contribution in [-0.4, -0.2) is 45.3 Å². The minimum atomic E-state index is -4.26. The van der Waals surface area contributed by atoms with Crippen LogP contribution in [0.5, 0.6) is 0 Å². The lowest BCUT2D eigenvalue weighted by Gasteiger charge is -2.37. The van der Waals surface area contributed by atoms with Crippen LogP contribution in [0.1, 0.15) is 25.8 Å². The first-order valence-electron chi connectivity index (χ1n) is 7.81. The van der Waals surface area contributed by atoms with Gasteiger partial charge in [0.2, 0.25) is 6.10 Å². The van der Waals surface area contributed by atoms with E-state index in [2.05, 4.69) is 5.32 Å². The second kappa shape index (κ2) is 7.40. The minimum Gasteiger partial charge on any atom is -0.464 e. The van der Waals surface area contributed by atoms with Gasteiger partial charge in [0.25, 0.3) is 10.1 Å². The third-order valence-electron chi connectivity index (χ3n) is 3.80. The van der Waals surface area contributed by atoms with Crippen molar-refractivity contribution in [2.75, 3.05) is 13.2 Å². The third kappa shape index (κ3) is 4.49. The number of hydrogen-bond acceptors (Lipinski definition) is 7. The molecule has 0 saturated carbocycles. The average Bonchev–Trinajstić information content (AvgIpc) is 2.53. The monoisotopic (exact) mass is 371 g/mol. The van der Waals surface area contributed by atoms with E-state index in [0.29, 0.717) is 0 Å². The van der Waals surface area contributed by atoms with Crippen molar-refractivity contribution in [3.63, 3.8) is 0 Å². The van der Waals surface area contributed by atoms with Crippen molar-refractivity contribution in [1.29, 1.82) is 0 Å². The maximum atomic E-state index is 12.5. The standard InChI is InChI=1S/C16H21NO7S/c1-4-22-14(18)13(16(3)9-10-17-15(19)23-16)24-25(20,21)12-7-5-11(2)6-8-12/h5-8,13H,4,9-10H2,1-3H3,(H,17,19)/t13-,16+/m0/s1. The van der Waals surface area contributed by atoms with Crippen molar-refractivity contribution in [3.05, 3.63) is 29.8 Å². The molecule has 0 spiro atoms. The molecule has 0 bridgehead atoms. The Morgan fingerprint density at radius 3 is 2.56 bits per heavy atom. The van der Waals surface area contributed by atoms with Gasteiger partial charge in [-0.25, -0.2) is 13.8 Å². The number of esters is 1. The quantitative estimate of drug-likeness (QED) is 0.596. The zero-order chi connectivity index (χ0) is 18.7. The molecule has 1 amide bonds. The molecule has 1 N–H and O–H groups in total. The van der Waals surface area contributed by atoms with Crippen molar-refractivity contribution in [2.24, 2.45) is 0 Å². The summed E-state index contributed by atoms with van der Waals surface area (Å²) >= 11 is 0. The van der Waals surface area contributed by atoms with Gasteiger partial charge in [0.05, 0.1) is 11.5 Å². The minimum absolute atomic E-state index is 0.0333. The third-order valence-corrected chi connectivity index (χ3v) is 5.10. The molecule has 1 saturated heterocycles. The smallest absolute Gasteiger partial charge is 0.407 e. The topological polar surface area (TPSA) is 108 Å². The Balaban J connectivity index is 2.34. The summed E-state index contributed by atoms with van der Waals surface area (Å²) in [5.74, 6) is -0.907. The van der Waals surface area contributed by atoms with Gasteiger partial charge in [-0.15, -0.1) is 0 Å². The zero-order valence-electron chi connectivity index (χ0n) is 14.3. The van der Waals surface area contributed by atoms with Crippen LogP contribution in [-0.2, 0) is 28.6 Å². The number of aryl methyl sites for hydroxylation is 1. The number of amides is 1. The maximum absolute atomic E-state index is 12.5. The van der Waals surface area contributed by atoms with Gasteiger partial charge in [0.15, 0.2) is 5.60 Å². The SMILES string of the molecule is CCOC(=O)[C@H](OS(=O)(=O)c1ccc(C)cc1)[C@@]1(C)CCNC(=O)O1. The number of ether oxygens (including phenoxy) is 2. The number of nitrogens with one attached hydrogen (secondary N) is 1. The number of carbonyl (C=O) groups is 2. The first-order valence-corrected chi connectivity index (χ1v) is 9.22. The predicted octanol–water partition coefficient (Wildman–Crippen LogP) is 1.52. The molecule has 0 unspecified atom stereocenters. The lowest BCUT2D eigenvalue weighted by molar-refractivity contribution is -0.165. The van der Waals surface area contributed by atoms with Crippen molar-refractivity contribution in [3.8, 4) is 0 Å². The molecule has 2 rings (SSSR count). The van der Waals surface area contributed by atoms with E-state index in [9.17, 15) is 18.0 Å². The van der Waals surface area contributed by atoms with Gasteiger partial charge >= 0.3 is 12.1 Å². The molecule has 1 aliphatic rings. The van der Waals surface area contributed by atoms with Crippen molar-refractivity contribution >= 4 is 22.2 Å². The normalized spacial score (nSPS) is 21.8. The van der Waals surface area contributed by atoms with Crippen LogP contribution in [0.15, 0.2) is 29.2 Å². The summed E-state index contributed by atoms with van der Waals surface area (Å²) in [7, 11) is -4.26. The molecular formula is C16H21NO7S. The van der Waals surface area contributed by atoms with Crippen LogP contribution in [0.2, 0.25) is 0 Å². The molecule has 0 radical (unpaired) electrons. The molecule has 0 aliphatic carbocycles. The van der Waals surface area contributed by atoms with Crippen molar-refractivity contribution in [2.45, 2.75) is 43.8 Å². The second-order valence-electron chi connectivity index (χ2n) is 5.87. The molecule has 25 heavy (non-hydrogen) atoms. The van der Waals surface area contributed by atoms with Gasteiger partial charge in [0, 0.05) is 13.0 Å². The van der Waals surface area contributed by atoms with Crippen LogP contribution in [0.4, 0.5) is 4.79 Å². The summed E-state index contributed by atoms with van der Waals surface area (Å²) in [6.45, 7) is 5.09. The highest BCUT2D eigenvalue weighted by Crippen LogP contribution is 2.29. The molecule has 1 aromatic rings. The van der Waals surface area contributed by atoms with Gasteiger partial charge < -0.3 is 14.8 Å². The Labute approximate surface area is 146 Å². The molecule has 8 nitrogen and oxygen atoms in total. The van der Waals surface area contributed by atoms with Gasteiger partial charge in [-0.3, -0.25) is 0 Å². The summed E-state index contributed by atoms with van der Waals surface area (Å²) in [6.07, 6.45) is -2.17. The molecule has 1 fully saturated rings. The fourth-order valence-corrected chi connectivity index (χ4v) is 3.51. The zero-order valence-corrected chi connectivity index (χ0v) is 15.1. The van der Waals surface area contributed by atoms with E-state index >= 15 is 0 Å². The van der Waals surface area contributed by atoms with Gasteiger partial charge in [-0.1, -0.05) is 17.7 Å². The van der Waals surface area contributed by atoms with Gasteiger partial charge in [0.1, 0.15) is 0 Å². The predicted molar refractivity (Wildman–Crippen MR) is 87.4 cm³/mol. The van der Waals surface area contributed by atoms with Gasteiger partial charge in [-0.05, 0) is 32.9 Å². The molecule has 1 aliphatic heterocycles. The lowest BCUT2D eigenvalue weighted by Crippen LogP contribution is -2.56. The Hall–Kier alpha value is -2.13. The van der Waals surface area contributed by atoms with Crippen molar-refractivity contribution in [1.82, 2.24) is 5.32 Å². The molecule has 2 atom stereocenters. The Morgan fingerprint density at radius 1 is 1.36 bits per heavy atom. The van der Waals surface area contributed by atoms with E-state index in [1.807, 2.05) is 6.92 Å². The molecule has 1 aromatic carbocycles. The first-order chi connectivity index (χ1) is 11.7. The number of carbonyl (C=O) groups excluding carboxylic acids is 2. The van der Waals surface area contributed by atoms with E-state index in [-0.39, 0.29) is 24.5 Å². The van der Waals surface area contributed by atoms with E-state index in [4.69, 9.17) is 13.7 Å². The van der Waals surface area contributed by atoms with Gasteiger partial charge in [-0.2, -0.15) is 8.42 Å². The van der Waals surface area contributed by atoms with Crippen LogP contribution in [0, 0.1) is 6.92 Å². The summed E-state index contributed by atoms with van der Waals surface area (Å²) in [6, 6.07) is 5.98. The highest BCUT2D eigenvalue weighted by Gasteiger charge is 2.49. The number of benzene rings is 1. The molecule has 1 heterocycles. The number of rotatable bonds is 6. The Morgan fingerprint density at radius 2 is 2.00 bits per heavy atom. The van der Waals surface area contributed by atoms with E-state index < -0.39 is 33.9 Å². The summed E-state index contributed by atoms with van der Waals surface area (Å²) < 4.78 is 40.3. The fourth-order valence-electron chi connectivity index (χ4n) is 2.39. The molecule has 0 aromatic heterocycles. The average molecular weight is 371 g/mol. The maximum Gasteiger partial charge on any atom is 0.407 e. The Bertz CT molecular complexity index is 744. The van der Waals surface area contributed by atoms with Crippen LogP contribution < -0.4 is 5.32 Å². The van der Waals surface area contributed by atoms with Crippen molar-refractivity contribution < 1.29 is 31.7 Å². The largest absolute Gasteiger partial charge is 0.464 e. The number of hydrogen-bond donors (Lipinski definition) is 1. The van der Waals surface area contributed by atoms with E-state index in [1.54, 1.807) is 19.1 Å². The highest BCUT2D eigenvalue weighted by atomic mass is 32.2. The van der Waals surface area contributed by atoms with Crippen LogP contribution in [0.3, 0.4) is 0 Å². The highest BCUT2D eigenvalue weighted by molar-refractivity contribution is 7.86. The molecule has 9 heteroatoms. The molecular weight excluding hydrogens is 350 g/mol. The number of cyclic esters (lactones) is 1. The summed E-state index contributed by atoms with van der Waals surface area (Å²) in [4.78, 5) is 23.7. The summed E-state index contributed by atoms with van der Waals surface area (Å²) in [5.41, 5.74) is -0.591.